The van der Waals surface area contributed by atoms with E-state index < -0.39 is 24.6 Å². The van der Waals surface area contributed by atoms with E-state index in [1.807, 2.05) is 0 Å². The number of carboxylic acids is 1. The molecular formula is C12H11NaO6. The Morgan fingerprint density at radius 3 is 2.37 bits per heavy atom. The summed E-state index contributed by atoms with van der Waals surface area (Å²) in [7, 11) is 0. The third-order valence-electron chi connectivity index (χ3n) is 1.96. The van der Waals surface area contributed by atoms with Gasteiger partial charge in [-0.05, 0) is 23.8 Å². The van der Waals surface area contributed by atoms with Crippen molar-refractivity contribution in [3.8, 4) is 5.75 Å². The van der Waals surface area contributed by atoms with Crippen molar-refractivity contribution in [2.75, 3.05) is 6.61 Å². The zero-order valence-electron chi connectivity index (χ0n) is 10.3. The Morgan fingerprint density at radius 1 is 1.32 bits per heavy atom. The van der Waals surface area contributed by atoms with Gasteiger partial charge in [-0.3, -0.25) is 0 Å². The van der Waals surface area contributed by atoms with Crippen molar-refractivity contribution in [3.05, 3.63) is 35.9 Å². The molecule has 0 amide bonds. The van der Waals surface area contributed by atoms with Crippen LogP contribution in [0.15, 0.2) is 30.3 Å². The van der Waals surface area contributed by atoms with E-state index in [1.165, 1.54) is 30.3 Å². The van der Waals surface area contributed by atoms with Gasteiger partial charge in [0.2, 0.25) is 0 Å². The minimum atomic E-state index is -1.58. The van der Waals surface area contributed by atoms with Crippen molar-refractivity contribution in [1.82, 2.24) is 0 Å². The van der Waals surface area contributed by atoms with E-state index in [1.54, 1.807) is 0 Å². The molecule has 0 aliphatic carbocycles. The number of aliphatic hydroxyl groups is 2. The first-order valence-electron chi connectivity index (χ1n) is 5.02. The molecular weight excluding hydrogens is 263 g/mol. The van der Waals surface area contributed by atoms with Crippen LogP contribution in [0.1, 0.15) is 5.56 Å². The number of rotatable bonds is 5. The van der Waals surface area contributed by atoms with Gasteiger partial charge in [-0.1, -0.05) is 18.2 Å². The first kappa shape index (κ1) is 17.8. The summed E-state index contributed by atoms with van der Waals surface area (Å²) in [5, 5.41) is 27.7. The maximum absolute atomic E-state index is 11.1. The molecule has 0 saturated carbocycles. The summed E-state index contributed by atoms with van der Waals surface area (Å²) in [4.78, 5) is 21.3. The molecule has 1 rings (SSSR count). The summed E-state index contributed by atoms with van der Waals surface area (Å²) in [5.41, 5.74) is 0.585. The van der Waals surface area contributed by atoms with Gasteiger partial charge in [0.15, 0.2) is 6.10 Å². The van der Waals surface area contributed by atoms with E-state index in [-0.39, 0.29) is 35.3 Å². The zero-order chi connectivity index (χ0) is 13.5. The molecule has 0 fully saturated rings. The van der Waals surface area contributed by atoms with Gasteiger partial charge in [0.1, 0.15) is 5.75 Å². The van der Waals surface area contributed by atoms with Crippen LogP contribution in [0.25, 0.3) is 6.08 Å². The Bertz CT molecular complexity index is 454. The molecule has 0 aromatic heterocycles. The Balaban J connectivity index is 0.00000324. The molecule has 6 nitrogen and oxygen atoms in total. The van der Waals surface area contributed by atoms with E-state index in [2.05, 4.69) is 0 Å². The monoisotopic (exact) mass is 274 g/mol. The van der Waals surface area contributed by atoms with Crippen LogP contribution in [0.2, 0.25) is 0 Å². The fourth-order valence-electron chi connectivity index (χ4n) is 1.07. The van der Waals surface area contributed by atoms with Crippen molar-refractivity contribution in [1.29, 1.82) is 0 Å². The van der Waals surface area contributed by atoms with Crippen LogP contribution >= 0.6 is 0 Å². The van der Waals surface area contributed by atoms with E-state index in [0.717, 1.165) is 6.08 Å². The van der Waals surface area contributed by atoms with Crippen LogP contribution in [0.3, 0.4) is 0 Å². The molecule has 0 heterocycles. The molecule has 0 saturated heterocycles. The van der Waals surface area contributed by atoms with E-state index in [4.69, 9.17) is 14.9 Å². The van der Waals surface area contributed by atoms with Gasteiger partial charge in [0.05, 0.1) is 12.6 Å². The normalized spacial score (nSPS) is 11.7. The molecule has 1 atom stereocenters. The average molecular weight is 274 g/mol. The maximum Gasteiger partial charge on any atom is 1.00 e. The Labute approximate surface area is 131 Å². The second-order valence-electron chi connectivity index (χ2n) is 3.34. The second kappa shape index (κ2) is 8.84. The molecule has 0 aliphatic rings. The minimum absolute atomic E-state index is 0. The molecule has 7 heteroatoms. The number of hydrogen-bond donors (Lipinski definition) is 2. The predicted molar refractivity (Wildman–Crippen MR) is 59.2 cm³/mol. The Hall–Kier alpha value is -1.18. The zero-order valence-corrected chi connectivity index (χ0v) is 12.3. The first-order valence-corrected chi connectivity index (χ1v) is 5.02. The van der Waals surface area contributed by atoms with Crippen molar-refractivity contribution in [3.63, 3.8) is 0 Å². The number of carbonyl (C=O) groups excluding carboxylic acids is 2. The van der Waals surface area contributed by atoms with Gasteiger partial charge in [-0.25, -0.2) is 4.79 Å². The number of carboxylic acid groups (broad SMARTS) is 1. The van der Waals surface area contributed by atoms with Crippen molar-refractivity contribution in [2.24, 2.45) is 0 Å². The summed E-state index contributed by atoms with van der Waals surface area (Å²) >= 11 is 0. The number of benzene rings is 1. The van der Waals surface area contributed by atoms with Crippen molar-refractivity contribution >= 4 is 18.0 Å². The third-order valence-corrected chi connectivity index (χ3v) is 1.96. The number of hydrogen-bond acceptors (Lipinski definition) is 6. The molecule has 0 spiro atoms. The van der Waals surface area contributed by atoms with Crippen LogP contribution in [-0.2, 0) is 9.59 Å². The third kappa shape index (κ3) is 6.51. The second-order valence-corrected chi connectivity index (χ2v) is 3.34. The molecule has 96 valence electrons. The Morgan fingerprint density at radius 2 is 1.89 bits per heavy atom. The van der Waals surface area contributed by atoms with Crippen LogP contribution in [0.4, 0.5) is 0 Å². The molecule has 2 N–H and O–H groups in total. The molecule has 19 heavy (non-hydrogen) atoms. The van der Waals surface area contributed by atoms with E-state index in [9.17, 15) is 14.7 Å². The molecule has 0 aliphatic heterocycles. The van der Waals surface area contributed by atoms with Gasteiger partial charge < -0.3 is 24.9 Å². The summed E-state index contributed by atoms with van der Waals surface area (Å²) in [5.74, 6) is -2.09. The smallest absolute Gasteiger partial charge is 0.545 e. The fourth-order valence-corrected chi connectivity index (χ4v) is 1.07. The summed E-state index contributed by atoms with van der Waals surface area (Å²) < 4.78 is 4.75. The predicted octanol–water partition coefficient (Wildman–Crippen LogP) is -4.29. The van der Waals surface area contributed by atoms with Crippen molar-refractivity contribution < 1.29 is 59.2 Å². The van der Waals surface area contributed by atoms with Gasteiger partial charge in [-0.2, -0.15) is 0 Å². The standard InChI is InChI=1S/C12H12O6.Na/c13-7-10(14)12(17)18-9-4-1-8(2-5-9)3-6-11(15)16;/h1-6,10,13-14H,7H2,(H,15,16);/q;+1/p-1. The van der Waals surface area contributed by atoms with Crippen molar-refractivity contribution in [2.45, 2.75) is 6.10 Å². The number of aliphatic carboxylic acids is 1. The van der Waals surface area contributed by atoms with Crippen LogP contribution < -0.4 is 39.4 Å². The SMILES string of the molecule is O=C([O-])C=Cc1ccc(OC(=O)C(O)CO)cc1.[Na+]. The largest absolute Gasteiger partial charge is 1.00 e. The van der Waals surface area contributed by atoms with E-state index in [0.29, 0.717) is 5.56 Å². The van der Waals surface area contributed by atoms with Gasteiger partial charge >= 0.3 is 35.5 Å². The van der Waals surface area contributed by atoms with E-state index >= 15 is 0 Å². The molecule has 1 unspecified atom stereocenters. The maximum atomic E-state index is 11.1. The number of aliphatic hydroxyl groups excluding tert-OH is 2. The number of esters is 1. The van der Waals surface area contributed by atoms with Crippen LogP contribution in [0.5, 0.6) is 5.75 Å². The molecule has 1 aromatic rings. The summed E-state index contributed by atoms with van der Waals surface area (Å²) in [6.07, 6.45) is 0.614. The number of carbonyl (C=O) groups is 2. The summed E-state index contributed by atoms with van der Waals surface area (Å²) in [6.45, 7) is -0.717. The molecule has 1 aromatic carbocycles. The summed E-state index contributed by atoms with van der Waals surface area (Å²) in [6, 6.07) is 5.90. The topological polar surface area (TPSA) is 107 Å². The fraction of sp³-hybridized carbons (Fsp3) is 0.167. The molecule has 0 radical (unpaired) electrons. The molecule has 0 bridgehead atoms. The van der Waals surface area contributed by atoms with Gasteiger partial charge in [0.25, 0.3) is 0 Å². The van der Waals surface area contributed by atoms with Gasteiger partial charge in [-0.15, -0.1) is 0 Å². The first-order chi connectivity index (χ1) is 8.52. The minimum Gasteiger partial charge on any atom is -0.545 e. The average Bonchev–Trinajstić information content (AvgIpc) is 2.36. The quantitative estimate of drug-likeness (QED) is 0.243. The number of ether oxygens (including phenoxy) is 1. The van der Waals surface area contributed by atoms with Crippen LogP contribution in [-0.4, -0.2) is 34.9 Å². The van der Waals surface area contributed by atoms with Crippen LogP contribution in [0, 0.1) is 0 Å². The van der Waals surface area contributed by atoms with Gasteiger partial charge in [0, 0.05) is 0 Å². The Kier molecular flexibility index (Phi) is 8.29.